The van der Waals surface area contributed by atoms with Crippen molar-refractivity contribution in [1.29, 1.82) is 0 Å². The van der Waals surface area contributed by atoms with Crippen LogP contribution in [0.2, 0.25) is 0 Å². The van der Waals surface area contributed by atoms with Crippen LogP contribution in [0.25, 0.3) is 0 Å². The first kappa shape index (κ1) is 18.9. The topological polar surface area (TPSA) is 9.72 Å². The molecule has 0 aromatic carbocycles. The second kappa shape index (κ2) is 9.81. The molecule has 126 valence electrons. The quantitative estimate of drug-likeness (QED) is 0.775. The lowest BCUT2D eigenvalue weighted by molar-refractivity contribution is -0.0727. The highest BCUT2D eigenvalue weighted by molar-refractivity contribution is 5.00. The molecule has 0 radical (unpaired) electrons. The van der Waals surface area contributed by atoms with Crippen LogP contribution in [0.5, 0.6) is 0 Å². The van der Waals surface area contributed by atoms with E-state index >= 15 is 0 Å². The zero-order valence-corrected chi connectivity index (χ0v) is 15.4. The Morgan fingerprint density at radius 3 is 1.81 bits per heavy atom. The molecule has 3 rings (SSSR count). The second-order valence-corrected chi connectivity index (χ2v) is 6.92. The van der Waals surface area contributed by atoms with Crippen LogP contribution in [0, 0.1) is 5.92 Å². The van der Waals surface area contributed by atoms with E-state index in [1.54, 1.807) is 0 Å². The fourth-order valence-corrected chi connectivity index (χ4v) is 3.74. The number of likely N-dealkylation sites (tertiary alicyclic amines) is 3. The van der Waals surface area contributed by atoms with Gasteiger partial charge in [-0.05, 0) is 52.4 Å². The van der Waals surface area contributed by atoms with Gasteiger partial charge in [0.05, 0.1) is 0 Å². The molecule has 0 N–H and O–H groups in total. The van der Waals surface area contributed by atoms with Crippen LogP contribution in [-0.2, 0) is 0 Å². The molecule has 3 aliphatic rings. The van der Waals surface area contributed by atoms with E-state index < -0.39 is 0 Å². The summed E-state index contributed by atoms with van der Waals surface area (Å²) in [6, 6.07) is 1.78. The van der Waals surface area contributed by atoms with E-state index in [4.69, 9.17) is 0 Å². The van der Waals surface area contributed by atoms with Crippen molar-refractivity contribution in [3.8, 4) is 0 Å². The lowest BCUT2D eigenvalue weighted by Gasteiger charge is -2.57. The van der Waals surface area contributed by atoms with Crippen molar-refractivity contribution >= 4 is 0 Å². The van der Waals surface area contributed by atoms with Gasteiger partial charge in [-0.15, -0.1) is 0 Å². The van der Waals surface area contributed by atoms with Gasteiger partial charge in [-0.3, -0.25) is 4.90 Å². The molecule has 3 nitrogen and oxygen atoms in total. The molecule has 3 heterocycles. The number of hydrogen-bond acceptors (Lipinski definition) is 3. The summed E-state index contributed by atoms with van der Waals surface area (Å²) in [6.07, 6.45) is 5.56. The van der Waals surface area contributed by atoms with Crippen LogP contribution in [0.4, 0.5) is 0 Å². The van der Waals surface area contributed by atoms with E-state index in [9.17, 15) is 0 Å². The molecule has 0 amide bonds. The molecule has 0 aromatic rings. The van der Waals surface area contributed by atoms with Crippen LogP contribution >= 0.6 is 0 Å². The lowest BCUT2D eigenvalue weighted by atomic mass is 9.85. The van der Waals surface area contributed by atoms with Crippen molar-refractivity contribution in [2.75, 3.05) is 46.8 Å². The summed E-state index contributed by atoms with van der Waals surface area (Å²) in [7, 11) is 4.52. The largest absolute Gasteiger partial charge is 0.306 e. The summed E-state index contributed by atoms with van der Waals surface area (Å²) in [5, 5.41) is 0. The minimum atomic E-state index is 0.892. The fourth-order valence-electron chi connectivity index (χ4n) is 3.74. The summed E-state index contributed by atoms with van der Waals surface area (Å²) < 4.78 is 0. The SMILES string of the molecule is CC.CCC.CN1CCC(CN2C3CC2CN(C)C3)CC1. The average Bonchev–Trinajstić information content (AvgIpc) is 2.49. The average molecular weight is 298 g/mol. The number of nitrogens with zero attached hydrogens (tertiary/aromatic N) is 3. The van der Waals surface area contributed by atoms with Gasteiger partial charge in [-0.25, -0.2) is 0 Å². The third kappa shape index (κ3) is 5.54. The van der Waals surface area contributed by atoms with Crippen LogP contribution < -0.4 is 0 Å². The first-order valence-corrected chi connectivity index (χ1v) is 9.26. The zero-order valence-electron chi connectivity index (χ0n) is 15.4. The highest BCUT2D eigenvalue weighted by Gasteiger charge is 2.43. The first-order chi connectivity index (χ1) is 10.1. The smallest absolute Gasteiger partial charge is 0.0242 e. The van der Waals surface area contributed by atoms with E-state index in [0.717, 1.165) is 18.0 Å². The number of fused-ring (bicyclic) bond motifs is 2. The van der Waals surface area contributed by atoms with Crippen molar-refractivity contribution in [2.45, 2.75) is 65.5 Å². The lowest BCUT2D eigenvalue weighted by Crippen LogP contribution is -2.68. The number of piperazine rings is 1. The van der Waals surface area contributed by atoms with Gasteiger partial charge in [-0.1, -0.05) is 34.1 Å². The molecule has 3 heteroatoms. The van der Waals surface area contributed by atoms with E-state index in [0.29, 0.717) is 0 Å². The van der Waals surface area contributed by atoms with Crippen LogP contribution in [0.15, 0.2) is 0 Å². The Bertz CT molecular complexity index is 249. The molecule has 0 spiro atoms. The van der Waals surface area contributed by atoms with Gasteiger partial charge in [-0.2, -0.15) is 0 Å². The molecule has 21 heavy (non-hydrogen) atoms. The Morgan fingerprint density at radius 1 is 0.857 bits per heavy atom. The molecule has 2 atom stereocenters. The maximum Gasteiger partial charge on any atom is 0.0242 e. The van der Waals surface area contributed by atoms with Crippen LogP contribution in [0.3, 0.4) is 0 Å². The maximum atomic E-state index is 2.80. The molecule has 2 unspecified atom stereocenters. The summed E-state index contributed by atoms with van der Waals surface area (Å²) in [6.45, 7) is 14.9. The van der Waals surface area contributed by atoms with Crippen LogP contribution in [-0.4, -0.2) is 73.6 Å². The van der Waals surface area contributed by atoms with Gasteiger partial charge in [0.15, 0.2) is 0 Å². The van der Waals surface area contributed by atoms with Gasteiger partial charge in [0.1, 0.15) is 0 Å². The molecule has 3 aliphatic heterocycles. The highest BCUT2D eigenvalue weighted by Crippen LogP contribution is 2.33. The molecule has 3 saturated heterocycles. The van der Waals surface area contributed by atoms with Gasteiger partial charge >= 0.3 is 0 Å². The Kier molecular flexibility index (Phi) is 8.84. The Morgan fingerprint density at radius 2 is 1.33 bits per heavy atom. The Labute approximate surface area is 133 Å². The molecule has 0 saturated carbocycles. The summed E-state index contributed by atoms with van der Waals surface area (Å²) in [5.41, 5.74) is 0. The third-order valence-electron chi connectivity index (χ3n) is 4.83. The van der Waals surface area contributed by atoms with Gasteiger partial charge in [0, 0.05) is 31.7 Å². The number of likely N-dealkylation sites (N-methyl/N-ethyl adjacent to an activating group) is 1. The second-order valence-electron chi connectivity index (χ2n) is 6.92. The van der Waals surface area contributed by atoms with Crippen molar-refractivity contribution in [2.24, 2.45) is 5.92 Å². The maximum absolute atomic E-state index is 2.80. The molecule has 3 fully saturated rings. The Hall–Kier alpha value is -0.120. The van der Waals surface area contributed by atoms with Gasteiger partial charge in [0.2, 0.25) is 0 Å². The Balaban J connectivity index is 0.000000395. The minimum Gasteiger partial charge on any atom is -0.306 e. The molecule has 0 aliphatic carbocycles. The molecule has 2 bridgehead atoms. The zero-order chi connectivity index (χ0) is 15.8. The minimum absolute atomic E-state index is 0.892. The normalized spacial score (nSPS) is 30.6. The van der Waals surface area contributed by atoms with E-state index in [2.05, 4.69) is 42.6 Å². The van der Waals surface area contributed by atoms with Crippen LogP contribution in [0.1, 0.15) is 53.4 Å². The van der Waals surface area contributed by atoms with E-state index in [-0.39, 0.29) is 0 Å². The molecular weight excluding hydrogens is 258 g/mol. The van der Waals surface area contributed by atoms with Gasteiger partial charge < -0.3 is 9.80 Å². The fraction of sp³-hybridized carbons (Fsp3) is 1.00. The predicted octanol–water partition coefficient (Wildman–Crippen LogP) is 3.16. The first-order valence-electron chi connectivity index (χ1n) is 9.26. The predicted molar refractivity (Wildman–Crippen MR) is 93.9 cm³/mol. The van der Waals surface area contributed by atoms with Gasteiger partial charge in [0.25, 0.3) is 0 Å². The van der Waals surface area contributed by atoms with Crippen molar-refractivity contribution in [3.05, 3.63) is 0 Å². The third-order valence-corrected chi connectivity index (χ3v) is 4.83. The number of hydrogen-bond donors (Lipinski definition) is 0. The van der Waals surface area contributed by atoms with E-state index in [1.807, 2.05) is 13.8 Å². The molecular formula is C18H39N3. The van der Waals surface area contributed by atoms with E-state index in [1.165, 1.54) is 58.4 Å². The molecule has 0 aromatic heterocycles. The number of rotatable bonds is 2. The van der Waals surface area contributed by atoms with Crippen molar-refractivity contribution in [1.82, 2.24) is 14.7 Å². The summed E-state index contributed by atoms with van der Waals surface area (Å²) in [4.78, 5) is 7.78. The summed E-state index contributed by atoms with van der Waals surface area (Å²) >= 11 is 0. The standard InChI is InChI=1S/C13H25N3.C3H8.C2H6/c1-14-5-3-11(4-6-14)8-16-12-7-13(16)10-15(2)9-12;1-3-2;1-2/h11-13H,3-10H2,1-2H3;3H2,1-2H3;1-2H3. The highest BCUT2D eigenvalue weighted by atomic mass is 15.3. The summed E-state index contributed by atoms with van der Waals surface area (Å²) in [5.74, 6) is 0.977. The monoisotopic (exact) mass is 297 g/mol. The number of piperidine rings is 2. The van der Waals surface area contributed by atoms with Crippen molar-refractivity contribution < 1.29 is 0 Å². The van der Waals surface area contributed by atoms with Crippen molar-refractivity contribution in [3.63, 3.8) is 0 Å².